The summed E-state index contributed by atoms with van der Waals surface area (Å²) >= 11 is 0. The summed E-state index contributed by atoms with van der Waals surface area (Å²) < 4.78 is 5.19. The molecule has 0 aliphatic heterocycles. The molecule has 1 amide bonds. The second-order valence-electron chi connectivity index (χ2n) is 7.15. The number of aryl methyl sites for hydroxylation is 1. The molecule has 138 valence electrons. The Balaban J connectivity index is 2.28. The molecule has 1 aromatic rings. The van der Waals surface area contributed by atoms with Crippen molar-refractivity contribution in [1.29, 1.82) is 10.8 Å². The van der Waals surface area contributed by atoms with Gasteiger partial charge in [0.2, 0.25) is 0 Å². The van der Waals surface area contributed by atoms with Gasteiger partial charge in [-0.2, -0.15) is 0 Å². The third-order valence-corrected chi connectivity index (χ3v) is 3.45. The normalized spacial score (nSPS) is 11.0. The SMILES string of the molecule is CC(C)(C)OC(=O)NCCc1ccc(CCCC(=N)CC(=N)N)cc1. The van der Waals surface area contributed by atoms with Gasteiger partial charge in [0.1, 0.15) is 5.60 Å². The fraction of sp³-hybridized carbons (Fsp3) is 0.526. The number of nitrogens with two attached hydrogens (primary N) is 1. The second kappa shape index (κ2) is 9.81. The summed E-state index contributed by atoms with van der Waals surface area (Å²) in [5.74, 6) is 0.0503. The molecular formula is C19H30N4O2. The smallest absolute Gasteiger partial charge is 0.407 e. The van der Waals surface area contributed by atoms with Crippen LogP contribution in [0.2, 0.25) is 0 Å². The van der Waals surface area contributed by atoms with E-state index in [9.17, 15) is 4.79 Å². The van der Waals surface area contributed by atoms with Crippen molar-refractivity contribution in [2.24, 2.45) is 5.73 Å². The van der Waals surface area contributed by atoms with Crippen LogP contribution in [0.1, 0.15) is 51.2 Å². The molecule has 25 heavy (non-hydrogen) atoms. The van der Waals surface area contributed by atoms with Gasteiger partial charge in [0.05, 0.1) is 5.84 Å². The fourth-order valence-electron chi connectivity index (χ4n) is 2.32. The molecule has 0 atom stereocenters. The quantitative estimate of drug-likeness (QED) is 0.406. The zero-order valence-corrected chi connectivity index (χ0v) is 15.4. The van der Waals surface area contributed by atoms with Gasteiger partial charge in [0.25, 0.3) is 0 Å². The highest BCUT2D eigenvalue weighted by Crippen LogP contribution is 2.10. The van der Waals surface area contributed by atoms with Crippen LogP contribution in [0.3, 0.4) is 0 Å². The highest BCUT2D eigenvalue weighted by molar-refractivity contribution is 5.99. The van der Waals surface area contributed by atoms with Gasteiger partial charge in [-0.15, -0.1) is 0 Å². The lowest BCUT2D eigenvalue weighted by Crippen LogP contribution is -2.33. The summed E-state index contributed by atoms with van der Waals surface area (Å²) in [6, 6.07) is 8.29. The molecule has 0 fully saturated rings. The van der Waals surface area contributed by atoms with Crippen molar-refractivity contribution in [3.05, 3.63) is 35.4 Å². The molecule has 0 heterocycles. The minimum absolute atomic E-state index is 0.0503. The molecule has 0 aromatic heterocycles. The average molecular weight is 346 g/mol. The van der Waals surface area contributed by atoms with Crippen molar-refractivity contribution in [1.82, 2.24) is 5.32 Å². The maximum absolute atomic E-state index is 11.6. The van der Waals surface area contributed by atoms with E-state index < -0.39 is 11.7 Å². The number of carbonyl (C=O) groups is 1. The number of nitrogens with one attached hydrogen (secondary N) is 3. The van der Waals surface area contributed by atoms with E-state index in [-0.39, 0.29) is 12.3 Å². The highest BCUT2D eigenvalue weighted by Gasteiger charge is 2.15. The monoisotopic (exact) mass is 346 g/mol. The Morgan fingerprint density at radius 1 is 1.12 bits per heavy atom. The van der Waals surface area contributed by atoms with Crippen LogP contribution in [-0.4, -0.2) is 29.8 Å². The standard InChI is InChI=1S/C19H30N4O2/c1-19(2,3)25-18(24)23-12-11-15-9-7-14(8-10-15)5-4-6-16(20)13-17(21)22/h7-10,20H,4-6,11-13H2,1-3H3,(H3,21,22)(H,23,24). The number of amidine groups is 1. The number of ether oxygens (including phenoxy) is 1. The summed E-state index contributed by atoms with van der Waals surface area (Å²) in [5.41, 5.74) is 7.70. The Kier molecular flexibility index (Phi) is 8.11. The van der Waals surface area contributed by atoms with Crippen LogP contribution >= 0.6 is 0 Å². The summed E-state index contributed by atoms with van der Waals surface area (Å²) in [4.78, 5) is 11.6. The summed E-state index contributed by atoms with van der Waals surface area (Å²) in [6.07, 6.45) is 3.08. The molecule has 0 aliphatic rings. The molecule has 5 N–H and O–H groups in total. The zero-order valence-electron chi connectivity index (χ0n) is 15.4. The van der Waals surface area contributed by atoms with Gasteiger partial charge in [0.15, 0.2) is 0 Å². The predicted molar refractivity (Wildman–Crippen MR) is 102 cm³/mol. The van der Waals surface area contributed by atoms with Crippen LogP contribution in [0, 0.1) is 10.8 Å². The van der Waals surface area contributed by atoms with E-state index in [1.54, 1.807) is 0 Å². The predicted octanol–water partition coefficient (Wildman–Crippen LogP) is 3.42. The number of rotatable bonds is 9. The van der Waals surface area contributed by atoms with Crippen LogP contribution in [0.4, 0.5) is 4.79 Å². The molecule has 0 saturated carbocycles. The van der Waals surface area contributed by atoms with E-state index in [1.807, 2.05) is 20.8 Å². The molecule has 1 aromatic carbocycles. The van der Waals surface area contributed by atoms with Crippen LogP contribution in [0.25, 0.3) is 0 Å². The molecule has 0 unspecified atom stereocenters. The molecule has 6 nitrogen and oxygen atoms in total. The zero-order chi connectivity index (χ0) is 18.9. The first-order valence-corrected chi connectivity index (χ1v) is 8.59. The lowest BCUT2D eigenvalue weighted by Gasteiger charge is -2.19. The highest BCUT2D eigenvalue weighted by atomic mass is 16.6. The largest absolute Gasteiger partial charge is 0.444 e. The number of amides is 1. The van der Waals surface area contributed by atoms with Crippen molar-refractivity contribution in [3.8, 4) is 0 Å². The second-order valence-corrected chi connectivity index (χ2v) is 7.15. The summed E-state index contributed by atoms with van der Waals surface area (Å²) in [6.45, 7) is 6.06. The first-order chi connectivity index (χ1) is 11.7. The molecule has 0 radical (unpaired) electrons. The first-order valence-electron chi connectivity index (χ1n) is 8.59. The van der Waals surface area contributed by atoms with E-state index in [2.05, 4.69) is 29.6 Å². The molecular weight excluding hydrogens is 316 g/mol. The Labute approximate surface area is 150 Å². The third-order valence-electron chi connectivity index (χ3n) is 3.45. The lowest BCUT2D eigenvalue weighted by molar-refractivity contribution is 0.0528. The van der Waals surface area contributed by atoms with Crippen molar-refractivity contribution < 1.29 is 9.53 Å². The molecule has 1 rings (SSSR count). The van der Waals surface area contributed by atoms with Crippen LogP contribution in [0.15, 0.2) is 24.3 Å². The number of hydrogen-bond acceptors (Lipinski definition) is 4. The van der Waals surface area contributed by atoms with Gasteiger partial charge in [-0.25, -0.2) is 4.79 Å². The van der Waals surface area contributed by atoms with Crippen molar-refractivity contribution >= 4 is 17.6 Å². The van der Waals surface area contributed by atoms with E-state index in [0.29, 0.717) is 18.7 Å². The Morgan fingerprint density at radius 2 is 1.68 bits per heavy atom. The number of hydrogen-bond donors (Lipinski definition) is 4. The Bertz CT molecular complexity index is 588. The molecule has 0 spiro atoms. The Morgan fingerprint density at radius 3 is 2.20 bits per heavy atom. The van der Waals surface area contributed by atoms with Crippen LogP contribution in [0.5, 0.6) is 0 Å². The third kappa shape index (κ3) is 10.2. The van der Waals surface area contributed by atoms with Gasteiger partial charge >= 0.3 is 6.09 Å². The summed E-state index contributed by atoms with van der Waals surface area (Å²) in [5, 5.41) is 17.6. The molecule has 0 saturated heterocycles. The molecule has 0 aliphatic carbocycles. The minimum atomic E-state index is -0.480. The van der Waals surface area contributed by atoms with Crippen LogP contribution in [-0.2, 0) is 17.6 Å². The minimum Gasteiger partial charge on any atom is -0.444 e. The summed E-state index contributed by atoms with van der Waals surface area (Å²) in [7, 11) is 0. The van der Waals surface area contributed by atoms with Gasteiger partial charge < -0.3 is 21.2 Å². The van der Waals surface area contributed by atoms with Crippen molar-refractivity contribution in [2.45, 2.75) is 58.5 Å². The topological polar surface area (TPSA) is 112 Å². The van der Waals surface area contributed by atoms with Gasteiger partial charge in [0, 0.05) is 18.7 Å². The first kappa shape index (κ1) is 20.7. The van der Waals surface area contributed by atoms with Crippen LogP contribution < -0.4 is 11.1 Å². The van der Waals surface area contributed by atoms with E-state index in [0.717, 1.165) is 24.8 Å². The van der Waals surface area contributed by atoms with Crippen molar-refractivity contribution in [2.75, 3.05) is 6.54 Å². The number of alkyl carbamates (subject to hydrolysis) is 1. The Hall–Kier alpha value is -2.37. The number of benzene rings is 1. The fourth-order valence-corrected chi connectivity index (χ4v) is 2.32. The van der Waals surface area contributed by atoms with Crippen molar-refractivity contribution in [3.63, 3.8) is 0 Å². The van der Waals surface area contributed by atoms with Gasteiger partial charge in [-0.3, -0.25) is 5.41 Å². The molecule has 0 bridgehead atoms. The maximum Gasteiger partial charge on any atom is 0.407 e. The number of carbonyl (C=O) groups excluding carboxylic acids is 1. The van der Waals surface area contributed by atoms with E-state index >= 15 is 0 Å². The van der Waals surface area contributed by atoms with Gasteiger partial charge in [-0.1, -0.05) is 24.3 Å². The molecule has 6 heteroatoms. The van der Waals surface area contributed by atoms with E-state index in [1.165, 1.54) is 5.56 Å². The van der Waals surface area contributed by atoms with Gasteiger partial charge in [-0.05, 0) is 57.6 Å². The average Bonchev–Trinajstić information content (AvgIpc) is 2.46. The van der Waals surface area contributed by atoms with E-state index in [4.69, 9.17) is 21.3 Å². The lowest BCUT2D eigenvalue weighted by atomic mass is 10.0. The maximum atomic E-state index is 11.6.